The van der Waals surface area contributed by atoms with Gasteiger partial charge in [0.2, 0.25) is 0 Å². The van der Waals surface area contributed by atoms with E-state index in [1.54, 1.807) is 6.20 Å². The quantitative estimate of drug-likeness (QED) is 0.916. The van der Waals surface area contributed by atoms with Crippen molar-refractivity contribution in [1.82, 2.24) is 15.3 Å². The zero-order chi connectivity index (χ0) is 14.9. The predicted octanol–water partition coefficient (Wildman–Crippen LogP) is 3.77. The molecule has 1 heterocycles. The molecule has 1 aromatic heterocycles. The molecule has 2 fully saturated rings. The minimum Gasteiger partial charge on any atom is -0.314 e. The van der Waals surface area contributed by atoms with E-state index in [4.69, 9.17) is 0 Å². The molecule has 1 N–H and O–H groups in total. The van der Waals surface area contributed by atoms with Crippen molar-refractivity contribution in [3.05, 3.63) is 24.3 Å². The second-order valence-electron chi connectivity index (χ2n) is 8.06. The van der Waals surface area contributed by atoms with Crippen LogP contribution < -0.4 is 5.32 Å². The Labute approximate surface area is 129 Å². The van der Waals surface area contributed by atoms with E-state index in [0.29, 0.717) is 11.3 Å². The van der Waals surface area contributed by atoms with Crippen molar-refractivity contribution in [2.24, 2.45) is 17.3 Å². The zero-order valence-electron chi connectivity index (χ0n) is 13.7. The monoisotopic (exact) mass is 287 g/mol. The Kier molecular flexibility index (Phi) is 4.30. The van der Waals surface area contributed by atoms with Gasteiger partial charge in [0, 0.05) is 30.6 Å². The summed E-state index contributed by atoms with van der Waals surface area (Å²) < 4.78 is 0. The maximum atomic E-state index is 4.62. The van der Waals surface area contributed by atoms with Crippen LogP contribution in [0.25, 0.3) is 0 Å². The molecular weight excluding hydrogens is 258 g/mol. The van der Waals surface area contributed by atoms with Gasteiger partial charge in [0.05, 0.1) is 5.69 Å². The van der Waals surface area contributed by atoms with Crippen molar-refractivity contribution < 1.29 is 0 Å². The van der Waals surface area contributed by atoms with Crippen LogP contribution in [0.5, 0.6) is 0 Å². The number of nitrogens with one attached hydrogen (secondary N) is 1. The molecule has 3 unspecified atom stereocenters. The highest BCUT2D eigenvalue weighted by molar-refractivity contribution is 5.09. The predicted molar refractivity (Wildman–Crippen MR) is 86.1 cm³/mol. The minimum absolute atomic E-state index is 0.398. The first kappa shape index (κ1) is 15.0. The van der Waals surface area contributed by atoms with Gasteiger partial charge in [-0.1, -0.05) is 20.8 Å². The fraction of sp³-hybridized carbons (Fsp3) is 0.778. The molecule has 0 spiro atoms. The molecule has 0 amide bonds. The zero-order valence-corrected chi connectivity index (χ0v) is 13.7. The summed E-state index contributed by atoms with van der Waals surface area (Å²) in [6, 6.07) is 0.799. The van der Waals surface area contributed by atoms with Crippen molar-refractivity contribution in [2.45, 2.75) is 64.8 Å². The molecule has 2 saturated carbocycles. The van der Waals surface area contributed by atoms with Crippen LogP contribution in [0.15, 0.2) is 18.6 Å². The van der Waals surface area contributed by atoms with Crippen LogP contribution in [0, 0.1) is 17.3 Å². The third kappa shape index (κ3) is 3.82. The van der Waals surface area contributed by atoms with Crippen LogP contribution in [0.1, 0.15) is 64.5 Å². The standard InChI is InChI=1S/C18H29N3/c1-18(2,3)14-5-4-13(11-21-15-6-7-15)16(10-14)17-12-19-8-9-20-17/h8-9,12-16,21H,4-7,10-11H2,1-3H3. The van der Waals surface area contributed by atoms with Crippen LogP contribution in [-0.4, -0.2) is 22.6 Å². The lowest BCUT2D eigenvalue weighted by Gasteiger charge is -2.41. The number of hydrogen-bond donors (Lipinski definition) is 1. The Bertz CT molecular complexity index is 447. The molecule has 3 atom stereocenters. The summed E-state index contributed by atoms with van der Waals surface area (Å²) in [5, 5.41) is 3.73. The third-order valence-corrected chi connectivity index (χ3v) is 5.43. The Morgan fingerprint density at radius 1 is 1.14 bits per heavy atom. The van der Waals surface area contributed by atoms with Crippen LogP contribution in [-0.2, 0) is 0 Å². The summed E-state index contributed by atoms with van der Waals surface area (Å²) >= 11 is 0. The van der Waals surface area contributed by atoms with Crippen molar-refractivity contribution in [1.29, 1.82) is 0 Å². The number of rotatable bonds is 4. The first-order valence-electron chi connectivity index (χ1n) is 8.53. The van der Waals surface area contributed by atoms with Gasteiger partial charge in [-0.3, -0.25) is 9.97 Å². The van der Waals surface area contributed by atoms with E-state index in [-0.39, 0.29) is 0 Å². The summed E-state index contributed by atoms with van der Waals surface area (Å²) in [4.78, 5) is 8.93. The lowest BCUT2D eigenvalue weighted by atomic mass is 9.65. The van der Waals surface area contributed by atoms with Crippen LogP contribution in [0.2, 0.25) is 0 Å². The Balaban J connectivity index is 1.73. The van der Waals surface area contributed by atoms with E-state index in [1.165, 1.54) is 37.8 Å². The first-order chi connectivity index (χ1) is 10.0. The van der Waals surface area contributed by atoms with E-state index in [0.717, 1.165) is 24.4 Å². The van der Waals surface area contributed by atoms with Gasteiger partial charge < -0.3 is 5.32 Å². The number of hydrogen-bond acceptors (Lipinski definition) is 3. The van der Waals surface area contributed by atoms with Crippen molar-refractivity contribution in [2.75, 3.05) is 6.54 Å². The van der Waals surface area contributed by atoms with Crippen molar-refractivity contribution >= 4 is 0 Å². The molecule has 1 aromatic rings. The first-order valence-corrected chi connectivity index (χ1v) is 8.53. The van der Waals surface area contributed by atoms with Gasteiger partial charge in [0.15, 0.2) is 0 Å². The smallest absolute Gasteiger partial charge is 0.0620 e. The molecule has 0 aromatic carbocycles. The van der Waals surface area contributed by atoms with E-state index < -0.39 is 0 Å². The highest BCUT2D eigenvalue weighted by Crippen LogP contribution is 2.46. The van der Waals surface area contributed by atoms with Crippen LogP contribution >= 0.6 is 0 Å². The van der Waals surface area contributed by atoms with E-state index in [1.807, 2.05) is 12.4 Å². The Hall–Kier alpha value is -0.960. The largest absolute Gasteiger partial charge is 0.314 e. The molecule has 3 heteroatoms. The minimum atomic E-state index is 0.398. The molecule has 2 aliphatic rings. The lowest BCUT2D eigenvalue weighted by molar-refractivity contribution is 0.127. The summed E-state index contributed by atoms with van der Waals surface area (Å²) in [6.07, 6.45) is 12.3. The normalized spacial score (nSPS) is 30.3. The van der Waals surface area contributed by atoms with E-state index in [9.17, 15) is 0 Å². The molecule has 0 radical (unpaired) electrons. The van der Waals surface area contributed by atoms with E-state index in [2.05, 4.69) is 36.1 Å². The molecular formula is C18H29N3. The van der Waals surface area contributed by atoms with Crippen molar-refractivity contribution in [3.8, 4) is 0 Å². The average Bonchev–Trinajstić information content (AvgIpc) is 3.29. The molecule has 0 saturated heterocycles. The van der Waals surface area contributed by atoms with Gasteiger partial charge in [-0.05, 0) is 55.9 Å². The fourth-order valence-electron chi connectivity index (χ4n) is 3.73. The lowest BCUT2D eigenvalue weighted by Crippen LogP contribution is -2.36. The summed E-state index contributed by atoms with van der Waals surface area (Å²) in [5.41, 5.74) is 1.60. The SMILES string of the molecule is CC(C)(C)C1CCC(CNC2CC2)C(c2cnccn2)C1. The molecule has 0 bridgehead atoms. The van der Waals surface area contributed by atoms with E-state index >= 15 is 0 Å². The number of nitrogens with zero attached hydrogens (tertiary/aromatic N) is 2. The van der Waals surface area contributed by atoms with Gasteiger partial charge in [-0.25, -0.2) is 0 Å². The third-order valence-electron chi connectivity index (χ3n) is 5.43. The summed E-state index contributed by atoms with van der Waals surface area (Å²) in [7, 11) is 0. The van der Waals surface area contributed by atoms with Gasteiger partial charge in [0.25, 0.3) is 0 Å². The van der Waals surface area contributed by atoms with Gasteiger partial charge >= 0.3 is 0 Å². The molecule has 3 nitrogen and oxygen atoms in total. The Morgan fingerprint density at radius 3 is 2.57 bits per heavy atom. The van der Waals surface area contributed by atoms with Gasteiger partial charge in [-0.15, -0.1) is 0 Å². The highest BCUT2D eigenvalue weighted by Gasteiger charge is 2.37. The van der Waals surface area contributed by atoms with Gasteiger partial charge in [0.1, 0.15) is 0 Å². The Morgan fingerprint density at radius 2 is 1.95 bits per heavy atom. The summed E-state index contributed by atoms with van der Waals surface area (Å²) in [6.45, 7) is 8.30. The van der Waals surface area contributed by atoms with Crippen molar-refractivity contribution in [3.63, 3.8) is 0 Å². The summed E-state index contributed by atoms with van der Waals surface area (Å²) in [5.74, 6) is 2.09. The number of aromatic nitrogens is 2. The van der Waals surface area contributed by atoms with Crippen LogP contribution in [0.3, 0.4) is 0 Å². The fourth-order valence-corrected chi connectivity index (χ4v) is 3.73. The molecule has 3 rings (SSSR count). The maximum Gasteiger partial charge on any atom is 0.0620 e. The second-order valence-corrected chi connectivity index (χ2v) is 8.06. The maximum absolute atomic E-state index is 4.62. The average molecular weight is 287 g/mol. The topological polar surface area (TPSA) is 37.8 Å². The van der Waals surface area contributed by atoms with Gasteiger partial charge in [-0.2, -0.15) is 0 Å². The molecule has 116 valence electrons. The molecule has 2 aliphatic carbocycles. The highest BCUT2D eigenvalue weighted by atomic mass is 14.9. The van der Waals surface area contributed by atoms with Crippen LogP contribution in [0.4, 0.5) is 0 Å². The molecule has 21 heavy (non-hydrogen) atoms. The second kappa shape index (κ2) is 6.04. The molecule has 0 aliphatic heterocycles.